The maximum atomic E-state index is 12.2. The van der Waals surface area contributed by atoms with Gasteiger partial charge in [-0.2, -0.15) is 0 Å². The molecule has 0 aliphatic rings. The van der Waals surface area contributed by atoms with Crippen molar-refractivity contribution in [1.29, 1.82) is 0 Å². The number of hydrogen-bond donors (Lipinski definition) is 2. The number of amides is 1. The summed E-state index contributed by atoms with van der Waals surface area (Å²) in [6.07, 6.45) is 0. The number of nitrogens with one attached hydrogen (secondary N) is 1. The van der Waals surface area contributed by atoms with Gasteiger partial charge in [-0.25, -0.2) is 9.78 Å². The molecule has 1 unspecified atom stereocenters. The number of nitrogens with zero attached hydrogens (tertiary/aromatic N) is 1. The highest BCUT2D eigenvalue weighted by atomic mass is 32.1. The van der Waals surface area contributed by atoms with Gasteiger partial charge in [0, 0.05) is 9.75 Å². The highest BCUT2D eigenvalue weighted by Gasteiger charge is 2.16. The van der Waals surface area contributed by atoms with Crippen molar-refractivity contribution in [2.45, 2.75) is 26.8 Å². The summed E-state index contributed by atoms with van der Waals surface area (Å²) in [6.45, 7) is 5.49. The Morgan fingerprint density at radius 3 is 2.48 bits per heavy atom. The number of aryl methyl sites for hydroxylation is 2. The number of aromatic nitrogens is 1. The first kappa shape index (κ1) is 15.2. The normalized spacial score (nSPS) is 12.0. The van der Waals surface area contributed by atoms with E-state index in [0.717, 1.165) is 4.88 Å². The fourth-order valence-electron chi connectivity index (χ4n) is 1.94. The first-order valence-electron chi connectivity index (χ1n) is 6.46. The van der Waals surface area contributed by atoms with Crippen LogP contribution < -0.4 is 5.32 Å². The van der Waals surface area contributed by atoms with Crippen molar-refractivity contribution in [3.05, 3.63) is 51.0 Å². The lowest BCUT2D eigenvalue weighted by atomic mass is 10.1. The van der Waals surface area contributed by atoms with E-state index in [1.54, 1.807) is 18.3 Å². The SMILES string of the molecule is Cc1ccc(C(C)NC(=O)c2ccc(C(=O)O)c(C)n2)s1. The molecule has 21 heavy (non-hydrogen) atoms. The van der Waals surface area contributed by atoms with E-state index in [0.29, 0.717) is 5.69 Å². The Hall–Kier alpha value is -2.21. The predicted octanol–water partition coefficient (Wildman–Crippen LogP) is 2.95. The van der Waals surface area contributed by atoms with Crippen LogP contribution in [0.2, 0.25) is 0 Å². The van der Waals surface area contributed by atoms with Gasteiger partial charge in [0.1, 0.15) is 5.69 Å². The highest BCUT2D eigenvalue weighted by molar-refractivity contribution is 7.12. The van der Waals surface area contributed by atoms with Crippen LogP contribution in [-0.2, 0) is 0 Å². The maximum Gasteiger partial charge on any atom is 0.337 e. The zero-order chi connectivity index (χ0) is 15.6. The molecule has 2 N–H and O–H groups in total. The molecule has 5 nitrogen and oxygen atoms in total. The van der Waals surface area contributed by atoms with Gasteiger partial charge in [-0.05, 0) is 45.0 Å². The maximum absolute atomic E-state index is 12.2. The molecule has 0 spiro atoms. The van der Waals surface area contributed by atoms with Crippen molar-refractivity contribution in [3.8, 4) is 0 Å². The minimum atomic E-state index is -1.05. The lowest BCUT2D eigenvalue weighted by Crippen LogP contribution is -2.27. The number of carbonyl (C=O) groups is 2. The molecule has 1 amide bonds. The first-order valence-corrected chi connectivity index (χ1v) is 7.28. The number of carbonyl (C=O) groups excluding carboxylic acids is 1. The summed E-state index contributed by atoms with van der Waals surface area (Å²) < 4.78 is 0. The number of thiophene rings is 1. The summed E-state index contributed by atoms with van der Waals surface area (Å²) in [7, 11) is 0. The summed E-state index contributed by atoms with van der Waals surface area (Å²) in [5.41, 5.74) is 0.654. The van der Waals surface area contributed by atoms with Gasteiger partial charge in [0.25, 0.3) is 5.91 Å². The third-order valence-corrected chi connectivity index (χ3v) is 4.27. The van der Waals surface area contributed by atoms with Crippen LogP contribution in [0.25, 0.3) is 0 Å². The molecule has 2 rings (SSSR count). The molecule has 2 aromatic heterocycles. The second-order valence-corrected chi connectivity index (χ2v) is 6.10. The van der Waals surface area contributed by atoms with Crippen molar-refractivity contribution >= 4 is 23.2 Å². The van der Waals surface area contributed by atoms with Crippen LogP contribution in [0.4, 0.5) is 0 Å². The fourth-order valence-corrected chi connectivity index (χ4v) is 2.82. The Morgan fingerprint density at radius 1 is 1.24 bits per heavy atom. The molecule has 0 radical (unpaired) electrons. The van der Waals surface area contributed by atoms with Gasteiger partial charge in [0.05, 0.1) is 17.3 Å². The topological polar surface area (TPSA) is 79.3 Å². The van der Waals surface area contributed by atoms with E-state index in [1.807, 2.05) is 26.0 Å². The van der Waals surface area contributed by atoms with Gasteiger partial charge in [0.2, 0.25) is 0 Å². The van der Waals surface area contributed by atoms with Gasteiger partial charge in [0.15, 0.2) is 0 Å². The quantitative estimate of drug-likeness (QED) is 0.910. The van der Waals surface area contributed by atoms with Crippen molar-refractivity contribution in [2.75, 3.05) is 0 Å². The lowest BCUT2D eigenvalue weighted by Gasteiger charge is -2.12. The first-order chi connectivity index (χ1) is 9.88. The van der Waals surface area contributed by atoms with E-state index in [-0.39, 0.29) is 23.2 Å². The average molecular weight is 304 g/mol. The Kier molecular flexibility index (Phi) is 4.37. The summed E-state index contributed by atoms with van der Waals surface area (Å²) in [4.78, 5) is 29.4. The minimum Gasteiger partial charge on any atom is -0.478 e. The van der Waals surface area contributed by atoms with E-state index in [9.17, 15) is 9.59 Å². The minimum absolute atomic E-state index is 0.105. The lowest BCUT2D eigenvalue weighted by molar-refractivity contribution is 0.0694. The highest BCUT2D eigenvalue weighted by Crippen LogP contribution is 2.22. The summed E-state index contributed by atoms with van der Waals surface area (Å²) in [5, 5.41) is 11.8. The molecular weight excluding hydrogens is 288 g/mol. The van der Waals surface area contributed by atoms with Crippen LogP contribution in [0.3, 0.4) is 0 Å². The van der Waals surface area contributed by atoms with Crippen molar-refractivity contribution < 1.29 is 14.7 Å². The van der Waals surface area contributed by atoms with Crippen molar-refractivity contribution in [2.24, 2.45) is 0 Å². The molecule has 0 aliphatic heterocycles. The largest absolute Gasteiger partial charge is 0.478 e. The number of rotatable bonds is 4. The molecular formula is C15H16N2O3S. The van der Waals surface area contributed by atoms with Gasteiger partial charge in [-0.15, -0.1) is 11.3 Å². The van der Waals surface area contributed by atoms with Crippen LogP contribution in [-0.4, -0.2) is 22.0 Å². The van der Waals surface area contributed by atoms with E-state index >= 15 is 0 Å². The Morgan fingerprint density at radius 2 is 1.95 bits per heavy atom. The van der Waals surface area contributed by atoms with E-state index in [1.165, 1.54) is 17.0 Å². The monoisotopic (exact) mass is 304 g/mol. The Labute approximate surface area is 126 Å². The zero-order valence-electron chi connectivity index (χ0n) is 12.0. The van der Waals surface area contributed by atoms with Crippen LogP contribution in [0.1, 0.15) is 49.3 Å². The smallest absolute Gasteiger partial charge is 0.337 e. The molecule has 2 aromatic rings. The second kappa shape index (κ2) is 6.05. The fraction of sp³-hybridized carbons (Fsp3) is 0.267. The van der Waals surface area contributed by atoms with Crippen LogP contribution in [0.15, 0.2) is 24.3 Å². The standard InChI is InChI=1S/C15H16N2O3S/c1-8-4-7-13(21-8)10(3)17-14(18)12-6-5-11(15(19)20)9(2)16-12/h4-7,10H,1-3H3,(H,17,18)(H,19,20). The summed E-state index contributed by atoms with van der Waals surface area (Å²) >= 11 is 1.63. The van der Waals surface area contributed by atoms with Gasteiger partial charge >= 0.3 is 5.97 Å². The molecule has 6 heteroatoms. The molecule has 2 heterocycles. The van der Waals surface area contributed by atoms with Gasteiger partial charge < -0.3 is 10.4 Å². The molecule has 0 fully saturated rings. The van der Waals surface area contributed by atoms with Gasteiger partial charge in [-0.3, -0.25) is 4.79 Å². The van der Waals surface area contributed by atoms with Crippen molar-refractivity contribution in [3.63, 3.8) is 0 Å². The second-order valence-electron chi connectivity index (χ2n) is 4.78. The van der Waals surface area contributed by atoms with Crippen LogP contribution >= 0.6 is 11.3 Å². The third kappa shape index (κ3) is 3.46. The summed E-state index contributed by atoms with van der Waals surface area (Å²) in [5.74, 6) is -1.36. The molecule has 110 valence electrons. The molecule has 0 aromatic carbocycles. The number of carboxylic acids is 1. The molecule has 0 bridgehead atoms. The van der Waals surface area contributed by atoms with Crippen LogP contribution in [0, 0.1) is 13.8 Å². The van der Waals surface area contributed by atoms with E-state index < -0.39 is 5.97 Å². The Balaban J connectivity index is 2.13. The molecule has 0 saturated heterocycles. The molecule has 1 atom stereocenters. The molecule has 0 aliphatic carbocycles. The summed E-state index contributed by atoms with van der Waals surface area (Å²) in [6, 6.07) is 6.71. The van der Waals surface area contributed by atoms with Gasteiger partial charge in [-0.1, -0.05) is 0 Å². The molecule has 0 saturated carbocycles. The van der Waals surface area contributed by atoms with Crippen molar-refractivity contribution in [1.82, 2.24) is 10.3 Å². The number of carboxylic acid groups (broad SMARTS) is 1. The number of pyridine rings is 1. The average Bonchev–Trinajstić information content (AvgIpc) is 2.84. The van der Waals surface area contributed by atoms with E-state index in [4.69, 9.17) is 5.11 Å². The zero-order valence-corrected chi connectivity index (χ0v) is 12.8. The predicted molar refractivity (Wildman–Crippen MR) is 80.9 cm³/mol. The van der Waals surface area contributed by atoms with E-state index in [2.05, 4.69) is 10.3 Å². The Bertz CT molecular complexity index is 694. The van der Waals surface area contributed by atoms with Crippen LogP contribution in [0.5, 0.6) is 0 Å². The number of aromatic carboxylic acids is 1. The number of hydrogen-bond acceptors (Lipinski definition) is 4. The third-order valence-electron chi connectivity index (χ3n) is 3.08.